The minimum absolute atomic E-state index is 0. The molecular weight excluding hydrogens is 15200 g/mol. The van der Waals surface area contributed by atoms with Crippen molar-refractivity contribution in [2.24, 2.45) is 0 Å². The maximum atomic E-state index is 0. The van der Waals surface area contributed by atoms with E-state index in [1.165, 1.54) is 0 Å². The first-order valence-corrected chi connectivity index (χ1v) is 0. The molecule has 134 radical (unpaired) electrons. The van der Waals surface area contributed by atoms with Crippen LogP contribution in [0.4, 0.5) is 0 Å². The van der Waals surface area contributed by atoms with Gasteiger partial charge in [0.1, 0.15) is 0 Å². The van der Waals surface area contributed by atoms with E-state index in [9.17, 15) is 0 Å². The molecule has 0 aromatic carbocycles. The Morgan fingerprint density at radius 2 is 0.0143 bits per heavy atom. The first-order chi connectivity index (χ1) is 0. The van der Waals surface area contributed by atoms with E-state index in [2.05, 4.69) is 0 Å². The fourth-order valence-electron chi connectivity index (χ4n) is 0. The van der Waals surface area contributed by atoms with Crippen LogP contribution in [0.15, 0.2) is 0 Å². The van der Waals surface area contributed by atoms with Crippen LogP contribution in [0.1, 0.15) is 0 Å². The summed E-state index contributed by atoms with van der Waals surface area (Å²) < 4.78 is 0. The van der Waals surface area contributed by atoms with Crippen LogP contribution in [-0.2, 0) is 400 Å². The molecule has 0 unspecified atom stereocenters. The third-order valence-electron chi connectivity index (χ3n) is 0. The van der Waals surface area contributed by atoms with Gasteiger partial charge in [-0.3, -0.25) is 0 Å². The minimum atomic E-state index is 0. The summed E-state index contributed by atoms with van der Waals surface area (Å²) in [7, 11) is 0. The molecule has 0 saturated heterocycles. The van der Waals surface area contributed by atoms with Crippen molar-refractivity contribution in [1.82, 2.24) is 0 Å². The molecule has 0 aliphatic rings. The van der Waals surface area contributed by atoms with Crippen LogP contribution in [0.5, 0.6) is 0 Å². The van der Waals surface area contributed by atoms with E-state index >= 15 is 0 Å². The SMILES string of the molecule is [Bi+3].[Bi+3].[Bi+3].[Bi+3].[Bi+3].[Bi+3].[Bi+3].[Bi+3].[Bi+3].[Bi+3].[Bi+3].[Bi+3].[Bi+3].[Bi+3].[Bi+3].[Bi+3].[Bi+3].[Bi+3].[Bi+3].[Bi+3].[Bi+3].[Bi+3].[Bi+3].[Bi+3].[Bi+3].[Bi+3].[Bi+3].[Bi+3].[Bi+3].[Bi+3].[Bi+3].[Bi+3].[Bi+3].[Bi+3].[Bi+3].[Bi+3].[Bi+3].[Bi+3].[Bi+3].[Bi+3].[Bi+3].[Bi+3].[Bi+3].[Bi+3].[Bi+3].[Bi+3].[Bi+3].[Bi+3].[Bi+3].[Bi+3].[Bi+3].[Bi+3].[Bi+3].[Bi+3].[Bi+3].[Bi+3].[Bi+3].[Bi+3].[Bi+3].[Bi+3].[Bi+3].[Bi+3].[Bi+3].[Bi+3].[Bi+3].[Bi+3].[Bi+3].[O-2].[O-2].[O-2].[O-2].[O-2].[O-2].[O-2].[O-2].[O-2].[O-2].[O-2].[O-2].[O-2].[O-2].[O-2].[O-2].[O-2].[O-2].[O-2].[O-2].[O-2].[O-2].[O-2].[O-2].[O-2].[O-2].[O-2].[O-2].[O-2].[O-2].[O-2].[O-2].[O-2].[O-2].[O-2].[O-2].[O-2].[O-2].[O-2].[O-2].[O-2].[O-2].[O-2].[O-2].[O-2].[O-2].[O-2].[O-2].[O-2].[O-2].[O-2].[O-2].[O-2].[O-2].[O-2].[O-2].[O-2].[O-2].[O-2].[O-2].[O-2].[O-2].[O-2].[O-2].[O-2].[O-2].[O-2].[O-2].[O-2].[O-2].[O-2].[O-2].[O-2]. The van der Waals surface area contributed by atoms with Crippen LogP contribution in [-0.4, -0.2) is 1760 Å². The standard InChI is InChI=1S/67Bi.73O/q67*+3;73*-2. The van der Waals surface area contributed by atoms with Crippen molar-refractivity contribution in [3.8, 4) is 0 Å². The third kappa shape index (κ3) is 2290. The van der Waals surface area contributed by atoms with Crippen LogP contribution in [0, 0.1) is 0 Å². The van der Waals surface area contributed by atoms with Gasteiger partial charge in [0.25, 0.3) is 0 Å². The molecule has 0 amide bonds. The van der Waals surface area contributed by atoms with E-state index in [-0.39, 0.29) is 2160 Å². The first-order valence-electron chi connectivity index (χ1n) is 0. The van der Waals surface area contributed by atoms with E-state index in [1.807, 2.05) is 0 Å². The predicted octanol–water partition coefficient (Wildman–Crippen LogP) is -34.2. The van der Waals surface area contributed by atoms with Crippen molar-refractivity contribution in [3.05, 3.63) is 0 Å². The van der Waals surface area contributed by atoms with Crippen LogP contribution in [0.2, 0.25) is 0 Å². The van der Waals surface area contributed by atoms with Crippen molar-refractivity contribution in [2.75, 3.05) is 0 Å². The van der Waals surface area contributed by atoms with Crippen molar-refractivity contribution >= 4 is 1760 Å². The fourth-order valence-corrected chi connectivity index (χ4v) is 0. The Balaban J connectivity index is 0. The van der Waals surface area contributed by atoms with E-state index < -0.39 is 0 Å². The molecule has 0 atom stereocenters. The van der Waals surface area contributed by atoms with Crippen LogP contribution in [0.25, 0.3) is 0 Å². The van der Waals surface area contributed by atoms with Gasteiger partial charge >= 0.3 is 1760 Å². The molecule has 0 aliphatic carbocycles. The number of hydrogen-bond acceptors (Lipinski definition) is 0. The van der Waals surface area contributed by atoms with Crippen molar-refractivity contribution in [3.63, 3.8) is 0 Å². The van der Waals surface area contributed by atoms with E-state index in [1.54, 1.807) is 0 Å². The van der Waals surface area contributed by atoms with E-state index in [4.69, 9.17) is 0 Å². The molecule has 0 aliphatic heterocycles. The Hall–Kier alpha value is 56.2. The number of hydrogen-bond donors (Lipinski definition) is 0. The third-order valence-corrected chi connectivity index (χ3v) is 0. The van der Waals surface area contributed by atoms with Crippen molar-refractivity contribution in [2.45, 2.75) is 0 Å². The smallest absolute Gasteiger partial charge is 2.00 e. The zero-order valence-electron chi connectivity index (χ0n) is 59.8. The second kappa shape index (κ2) is 2330. The molecule has 0 aromatic heterocycles. The van der Waals surface area contributed by atoms with Gasteiger partial charge in [-0.25, -0.2) is 0 Å². The van der Waals surface area contributed by atoms with Gasteiger partial charge in [-0.15, -0.1) is 0 Å². The summed E-state index contributed by atoms with van der Waals surface area (Å²) in [5, 5.41) is 0. The maximum Gasteiger partial charge on any atom is 3.00 e. The Morgan fingerprint density at radius 1 is 0.0143 bits per heavy atom. The zero-order chi connectivity index (χ0) is 0. The average Bonchev–Trinajstić information content (AvgIpc) is 0. The first kappa shape index (κ1) is 2360. The van der Waals surface area contributed by atoms with Gasteiger partial charge in [-0.05, 0) is 0 Å². The molecule has 0 saturated carbocycles. The molecule has 0 N–H and O–H groups in total. The molecule has 0 aromatic rings. The van der Waals surface area contributed by atoms with Gasteiger partial charge in [0.05, 0.1) is 0 Å². The average molecular weight is 15200 g/mol. The quantitative estimate of drug-likeness (QED) is 0.204. The topological polar surface area (TPSA) is 2080 Å². The van der Waals surface area contributed by atoms with Gasteiger partial charge in [-0.2, -0.15) is 0 Å². The number of rotatable bonds is 0. The second-order valence-corrected chi connectivity index (χ2v) is 0. The van der Waals surface area contributed by atoms with Crippen molar-refractivity contribution in [1.29, 1.82) is 0 Å². The van der Waals surface area contributed by atoms with Gasteiger partial charge in [0, 0.05) is 0 Å². The van der Waals surface area contributed by atoms with Gasteiger partial charge in [0.2, 0.25) is 0 Å². The largest absolute Gasteiger partial charge is 3.00 e. The molecule has 73 nitrogen and oxygen atoms in total. The molecule has 140 heavy (non-hydrogen) atoms. The van der Waals surface area contributed by atoms with E-state index in [0.717, 1.165) is 0 Å². The van der Waals surface area contributed by atoms with Gasteiger partial charge in [0.15, 0.2) is 0 Å². The molecule has 0 spiro atoms. The maximum absolute atomic E-state index is 0. The van der Waals surface area contributed by atoms with Crippen LogP contribution < -0.4 is 0 Å². The minimum Gasteiger partial charge on any atom is -2.00 e. The summed E-state index contributed by atoms with van der Waals surface area (Å²) in [5.74, 6) is 0. The Labute approximate surface area is 2090 Å². The molecule has 0 heterocycles. The molecule has 0 fully saturated rings. The van der Waals surface area contributed by atoms with Gasteiger partial charge < -0.3 is 400 Å². The monoisotopic (exact) mass is 15200 g/mol. The molecule has 140 heteroatoms. The Morgan fingerprint density at radius 3 is 0.0143 bits per heavy atom. The molecular formula is Bi67O73+55. The summed E-state index contributed by atoms with van der Waals surface area (Å²) in [6.45, 7) is 0. The summed E-state index contributed by atoms with van der Waals surface area (Å²) in [4.78, 5) is 0. The van der Waals surface area contributed by atoms with E-state index in [0.29, 0.717) is 0 Å². The summed E-state index contributed by atoms with van der Waals surface area (Å²) in [5.41, 5.74) is 0. The fraction of sp³-hybridized carbons (Fsp3) is 0. The second-order valence-electron chi connectivity index (χ2n) is 0. The summed E-state index contributed by atoms with van der Waals surface area (Å²) in [6, 6.07) is 0. The zero-order valence-corrected chi connectivity index (χ0v) is 293. The molecule has 0 bridgehead atoms. The van der Waals surface area contributed by atoms with Gasteiger partial charge in [-0.1, -0.05) is 0 Å². The predicted molar refractivity (Wildman–Crippen MR) is 436 cm³/mol. The normalized spacial score (nSPS) is 0. The molecule has 0 rings (SSSR count). The van der Waals surface area contributed by atoms with Crippen LogP contribution >= 0.6 is 0 Å². The summed E-state index contributed by atoms with van der Waals surface area (Å²) in [6.07, 6.45) is 0. The Bertz CT molecular complexity index is 140. The van der Waals surface area contributed by atoms with Crippen LogP contribution in [0.3, 0.4) is 0 Å². The molecule has 718 valence electrons. The Kier molecular flexibility index (Phi) is 39300. The van der Waals surface area contributed by atoms with Crippen molar-refractivity contribution < 1.29 is 400 Å². The summed E-state index contributed by atoms with van der Waals surface area (Å²) >= 11 is 0.